The number of amides is 2. The third-order valence-electron chi connectivity index (χ3n) is 4.78. The van der Waals surface area contributed by atoms with Crippen LogP contribution in [0.5, 0.6) is 5.75 Å². The number of anilines is 2. The Bertz CT molecular complexity index is 866. The smallest absolute Gasteiger partial charge is 0.229 e. The summed E-state index contributed by atoms with van der Waals surface area (Å²) in [6.07, 6.45) is 0.198. The molecule has 0 aliphatic carbocycles. The average Bonchev–Trinajstić information content (AvgIpc) is 2.99. The summed E-state index contributed by atoms with van der Waals surface area (Å²) in [7, 11) is 1.53. The van der Waals surface area contributed by atoms with E-state index in [-0.39, 0.29) is 18.2 Å². The monoisotopic (exact) mass is 372 g/mol. The molecule has 1 N–H and O–H groups in total. The first-order chi connectivity index (χ1) is 12.4. The van der Waals surface area contributed by atoms with Crippen LogP contribution in [0.15, 0.2) is 36.4 Å². The number of hydrogen-bond donors (Lipinski definition) is 1. The molecule has 0 radical (unpaired) electrons. The Balaban J connectivity index is 1.73. The van der Waals surface area contributed by atoms with Gasteiger partial charge in [0.1, 0.15) is 5.75 Å². The van der Waals surface area contributed by atoms with Crippen molar-refractivity contribution in [3.05, 3.63) is 52.5 Å². The first-order valence-corrected chi connectivity index (χ1v) is 8.79. The summed E-state index contributed by atoms with van der Waals surface area (Å²) >= 11 is 6.09. The van der Waals surface area contributed by atoms with Gasteiger partial charge in [0.25, 0.3) is 0 Å². The topological polar surface area (TPSA) is 58.6 Å². The first kappa shape index (κ1) is 18.3. The number of nitrogens with one attached hydrogen (secondary N) is 1. The highest BCUT2D eigenvalue weighted by Crippen LogP contribution is 2.31. The van der Waals surface area contributed by atoms with Crippen LogP contribution in [0.25, 0.3) is 0 Å². The second-order valence-electron chi connectivity index (χ2n) is 6.46. The minimum Gasteiger partial charge on any atom is -0.495 e. The van der Waals surface area contributed by atoms with Gasteiger partial charge >= 0.3 is 0 Å². The van der Waals surface area contributed by atoms with Gasteiger partial charge in [-0.15, -0.1) is 0 Å². The quantitative estimate of drug-likeness (QED) is 0.883. The van der Waals surface area contributed by atoms with Crippen molar-refractivity contribution in [2.45, 2.75) is 20.3 Å². The van der Waals surface area contributed by atoms with E-state index in [1.807, 2.05) is 32.0 Å². The van der Waals surface area contributed by atoms with Gasteiger partial charge in [-0.3, -0.25) is 9.59 Å². The maximum Gasteiger partial charge on any atom is 0.229 e. The Labute approximate surface area is 157 Å². The summed E-state index contributed by atoms with van der Waals surface area (Å²) in [4.78, 5) is 26.7. The lowest BCUT2D eigenvalue weighted by atomic mass is 10.1. The number of carbonyl (C=O) groups excluding carboxylic acids is 2. The molecule has 2 amide bonds. The molecule has 1 aliphatic rings. The Morgan fingerprint density at radius 3 is 2.73 bits per heavy atom. The van der Waals surface area contributed by atoms with E-state index in [0.29, 0.717) is 23.0 Å². The number of aryl methyl sites for hydroxylation is 1. The van der Waals surface area contributed by atoms with Gasteiger partial charge in [0.15, 0.2) is 0 Å². The standard InChI is InChI=1S/C20H21ClN2O3/c1-12-5-4-6-17(13(12)2)23-11-14(9-19(23)24)20(25)22-15-7-8-18(26-3)16(21)10-15/h4-8,10,14H,9,11H2,1-3H3,(H,22,25)/t14-/m1/s1. The zero-order valence-corrected chi connectivity index (χ0v) is 15.8. The van der Waals surface area contributed by atoms with Crippen LogP contribution in [0.3, 0.4) is 0 Å². The van der Waals surface area contributed by atoms with E-state index in [1.165, 1.54) is 7.11 Å². The van der Waals surface area contributed by atoms with Crippen molar-refractivity contribution in [3.8, 4) is 5.75 Å². The molecule has 2 aromatic carbocycles. The number of ether oxygens (including phenoxy) is 1. The van der Waals surface area contributed by atoms with E-state index < -0.39 is 5.92 Å². The largest absolute Gasteiger partial charge is 0.495 e. The van der Waals surface area contributed by atoms with E-state index in [1.54, 1.807) is 23.1 Å². The van der Waals surface area contributed by atoms with Crippen LogP contribution in [0, 0.1) is 19.8 Å². The van der Waals surface area contributed by atoms with Crippen LogP contribution >= 0.6 is 11.6 Å². The highest BCUT2D eigenvalue weighted by Gasteiger charge is 2.35. The number of rotatable bonds is 4. The summed E-state index contributed by atoms with van der Waals surface area (Å²) in [6, 6.07) is 10.9. The van der Waals surface area contributed by atoms with Crippen molar-refractivity contribution < 1.29 is 14.3 Å². The number of methoxy groups -OCH3 is 1. The molecule has 0 aromatic heterocycles. The molecule has 1 atom stereocenters. The van der Waals surface area contributed by atoms with E-state index in [0.717, 1.165) is 16.8 Å². The van der Waals surface area contributed by atoms with Crippen molar-refractivity contribution in [1.82, 2.24) is 0 Å². The molecule has 0 bridgehead atoms. The summed E-state index contributed by atoms with van der Waals surface area (Å²) in [5.74, 6) is -0.0795. The van der Waals surface area contributed by atoms with Crippen LogP contribution < -0.4 is 15.0 Å². The minimum absolute atomic E-state index is 0.0355. The molecule has 1 fully saturated rings. The Hall–Kier alpha value is -2.53. The molecule has 1 heterocycles. The molecule has 5 nitrogen and oxygen atoms in total. The maximum absolute atomic E-state index is 12.6. The highest BCUT2D eigenvalue weighted by molar-refractivity contribution is 6.32. The average molecular weight is 373 g/mol. The van der Waals surface area contributed by atoms with Crippen LogP contribution in [0.4, 0.5) is 11.4 Å². The van der Waals surface area contributed by atoms with E-state index >= 15 is 0 Å². The van der Waals surface area contributed by atoms with E-state index in [4.69, 9.17) is 16.3 Å². The molecule has 0 spiro atoms. The third kappa shape index (κ3) is 3.53. The predicted molar refractivity (Wildman–Crippen MR) is 103 cm³/mol. The summed E-state index contributed by atoms with van der Waals surface area (Å²) in [5.41, 5.74) is 3.64. The molecule has 0 unspecified atom stereocenters. The van der Waals surface area contributed by atoms with Crippen molar-refractivity contribution in [2.75, 3.05) is 23.9 Å². The van der Waals surface area contributed by atoms with Gasteiger partial charge in [-0.25, -0.2) is 0 Å². The summed E-state index contributed by atoms with van der Waals surface area (Å²) in [6.45, 7) is 4.38. The van der Waals surface area contributed by atoms with Crippen LogP contribution in [0.1, 0.15) is 17.5 Å². The van der Waals surface area contributed by atoms with Crippen molar-refractivity contribution in [3.63, 3.8) is 0 Å². The molecule has 1 aliphatic heterocycles. The number of halogens is 1. The zero-order valence-electron chi connectivity index (χ0n) is 15.0. The number of nitrogens with zero attached hydrogens (tertiary/aromatic N) is 1. The second kappa shape index (κ2) is 7.38. The van der Waals surface area contributed by atoms with Gasteiger partial charge in [0.2, 0.25) is 11.8 Å². The van der Waals surface area contributed by atoms with E-state index in [2.05, 4.69) is 5.32 Å². The van der Waals surface area contributed by atoms with Crippen LogP contribution in [0.2, 0.25) is 5.02 Å². The molecule has 26 heavy (non-hydrogen) atoms. The van der Waals surface area contributed by atoms with Crippen molar-refractivity contribution >= 4 is 34.8 Å². The zero-order chi connectivity index (χ0) is 18.8. The summed E-state index contributed by atoms with van der Waals surface area (Å²) < 4.78 is 5.11. The van der Waals surface area contributed by atoms with Gasteiger partial charge in [-0.2, -0.15) is 0 Å². The predicted octanol–water partition coefficient (Wildman–Crippen LogP) is 3.96. The minimum atomic E-state index is -0.400. The van der Waals surface area contributed by atoms with E-state index in [9.17, 15) is 9.59 Å². The number of hydrogen-bond acceptors (Lipinski definition) is 3. The molecule has 3 rings (SSSR count). The summed E-state index contributed by atoms with van der Waals surface area (Å²) in [5, 5.41) is 3.26. The van der Waals surface area contributed by atoms with Gasteiger partial charge < -0.3 is 15.0 Å². The molecule has 1 saturated heterocycles. The lowest BCUT2D eigenvalue weighted by Crippen LogP contribution is -2.28. The molecule has 136 valence electrons. The Kier molecular flexibility index (Phi) is 5.18. The fourth-order valence-corrected chi connectivity index (χ4v) is 3.39. The Morgan fingerprint density at radius 1 is 1.27 bits per heavy atom. The van der Waals surface area contributed by atoms with Gasteiger partial charge in [0, 0.05) is 24.3 Å². The maximum atomic E-state index is 12.6. The van der Waals surface area contributed by atoms with Crippen LogP contribution in [-0.4, -0.2) is 25.5 Å². The second-order valence-corrected chi connectivity index (χ2v) is 6.87. The third-order valence-corrected chi connectivity index (χ3v) is 5.08. The van der Waals surface area contributed by atoms with Crippen molar-refractivity contribution in [2.24, 2.45) is 5.92 Å². The van der Waals surface area contributed by atoms with Gasteiger partial charge in [-0.1, -0.05) is 23.7 Å². The fourth-order valence-electron chi connectivity index (χ4n) is 3.13. The lowest BCUT2D eigenvalue weighted by molar-refractivity contribution is -0.122. The molecular weight excluding hydrogens is 352 g/mol. The Morgan fingerprint density at radius 2 is 2.04 bits per heavy atom. The fraction of sp³-hybridized carbons (Fsp3) is 0.300. The SMILES string of the molecule is COc1ccc(NC(=O)[C@@H]2CC(=O)N(c3cccc(C)c3C)C2)cc1Cl. The van der Waals surface area contributed by atoms with Gasteiger partial charge in [-0.05, 0) is 49.2 Å². The normalized spacial score (nSPS) is 16.7. The van der Waals surface area contributed by atoms with Crippen LogP contribution in [-0.2, 0) is 9.59 Å². The lowest BCUT2D eigenvalue weighted by Gasteiger charge is -2.20. The molecule has 0 saturated carbocycles. The first-order valence-electron chi connectivity index (χ1n) is 8.41. The number of benzene rings is 2. The van der Waals surface area contributed by atoms with Crippen molar-refractivity contribution in [1.29, 1.82) is 0 Å². The highest BCUT2D eigenvalue weighted by atomic mass is 35.5. The van der Waals surface area contributed by atoms with Gasteiger partial charge in [0.05, 0.1) is 18.1 Å². The molecular formula is C20H21ClN2O3. The molecule has 2 aromatic rings. The number of carbonyl (C=O) groups is 2. The molecule has 6 heteroatoms.